The van der Waals surface area contributed by atoms with E-state index in [4.69, 9.17) is 9.47 Å². The molecule has 2 rings (SSSR count). The predicted octanol–water partition coefficient (Wildman–Crippen LogP) is 4.81. The SMILES string of the molecule is COc1ccc(N=C(c2ccc(OC)cc2)C(F)(F)Br)cc1. The summed E-state index contributed by atoms with van der Waals surface area (Å²) in [4.78, 5) is 0.806. The molecule has 22 heavy (non-hydrogen) atoms. The first-order valence-corrected chi connectivity index (χ1v) is 7.17. The van der Waals surface area contributed by atoms with Crippen molar-refractivity contribution in [2.75, 3.05) is 14.2 Å². The normalized spacial score (nSPS) is 12.1. The Bertz CT molecular complexity index is 649. The minimum absolute atomic E-state index is 0.304. The Morgan fingerprint density at radius 3 is 1.77 bits per heavy atom. The molecule has 0 N–H and O–H groups in total. The number of aliphatic imine (C=N–C) groups is 1. The number of methoxy groups -OCH3 is 2. The molecule has 0 aliphatic heterocycles. The molecular weight excluding hydrogens is 356 g/mol. The van der Waals surface area contributed by atoms with Crippen LogP contribution in [0.3, 0.4) is 0 Å². The summed E-state index contributed by atoms with van der Waals surface area (Å²) in [5.74, 6) is 1.22. The monoisotopic (exact) mass is 369 g/mol. The van der Waals surface area contributed by atoms with Gasteiger partial charge in [0.05, 0.1) is 19.9 Å². The number of rotatable bonds is 5. The molecule has 0 unspecified atom stereocenters. The van der Waals surface area contributed by atoms with Crippen molar-refractivity contribution < 1.29 is 18.3 Å². The van der Waals surface area contributed by atoms with Crippen molar-refractivity contribution in [1.82, 2.24) is 0 Å². The lowest BCUT2D eigenvalue weighted by molar-refractivity contribution is 0.194. The molecule has 0 radical (unpaired) electrons. The van der Waals surface area contributed by atoms with Crippen LogP contribution in [0.1, 0.15) is 5.56 Å². The van der Waals surface area contributed by atoms with Gasteiger partial charge in [-0.05, 0) is 64.5 Å². The zero-order chi connectivity index (χ0) is 16.2. The minimum Gasteiger partial charge on any atom is -0.497 e. The smallest absolute Gasteiger partial charge is 0.343 e. The van der Waals surface area contributed by atoms with Crippen LogP contribution < -0.4 is 9.47 Å². The van der Waals surface area contributed by atoms with E-state index in [1.165, 1.54) is 26.4 Å². The Hall–Kier alpha value is -1.95. The third-order valence-electron chi connectivity index (χ3n) is 2.95. The largest absolute Gasteiger partial charge is 0.497 e. The molecule has 3 nitrogen and oxygen atoms in total. The standard InChI is InChI=1S/C16H14BrF2NO2/c1-21-13-7-3-11(4-8-13)15(16(17,18)19)20-12-5-9-14(22-2)10-6-12/h3-10H,1-2H3. The van der Waals surface area contributed by atoms with E-state index in [9.17, 15) is 8.78 Å². The minimum atomic E-state index is -3.25. The molecular formula is C16H14BrF2NO2. The van der Waals surface area contributed by atoms with Crippen LogP contribution in [0.25, 0.3) is 0 Å². The molecule has 0 aliphatic carbocycles. The maximum absolute atomic E-state index is 13.8. The summed E-state index contributed by atoms with van der Waals surface area (Å²) >= 11 is 2.38. The Kier molecular flexibility index (Phi) is 5.13. The average Bonchev–Trinajstić information content (AvgIpc) is 2.52. The fourth-order valence-corrected chi connectivity index (χ4v) is 2.14. The van der Waals surface area contributed by atoms with Crippen LogP contribution in [0.4, 0.5) is 14.5 Å². The predicted molar refractivity (Wildman–Crippen MR) is 86.1 cm³/mol. The van der Waals surface area contributed by atoms with Crippen molar-refractivity contribution in [3.8, 4) is 11.5 Å². The van der Waals surface area contributed by atoms with Crippen molar-refractivity contribution in [2.45, 2.75) is 4.83 Å². The highest BCUT2D eigenvalue weighted by Gasteiger charge is 2.33. The number of hydrogen-bond acceptors (Lipinski definition) is 3. The molecule has 0 saturated heterocycles. The summed E-state index contributed by atoms with van der Waals surface area (Å²) < 4.78 is 37.7. The van der Waals surface area contributed by atoms with Crippen LogP contribution in [0.15, 0.2) is 53.5 Å². The molecule has 2 aromatic rings. The summed E-state index contributed by atoms with van der Waals surface area (Å²) in [6, 6.07) is 12.8. The molecule has 116 valence electrons. The van der Waals surface area contributed by atoms with Crippen molar-refractivity contribution in [3.05, 3.63) is 54.1 Å². The summed E-state index contributed by atoms with van der Waals surface area (Å²) in [6.45, 7) is 0. The first-order chi connectivity index (χ1) is 10.4. The van der Waals surface area contributed by atoms with Gasteiger partial charge >= 0.3 is 4.83 Å². The molecule has 0 amide bonds. The molecule has 0 heterocycles. The van der Waals surface area contributed by atoms with Gasteiger partial charge in [-0.1, -0.05) is 0 Å². The number of halogens is 3. The molecule has 0 bridgehead atoms. The number of nitrogens with zero attached hydrogens (tertiary/aromatic N) is 1. The second-order valence-corrected chi connectivity index (χ2v) is 5.38. The van der Waals surface area contributed by atoms with Crippen molar-refractivity contribution in [1.29, 1.82) is 0 Å². The van der Waals surface area contributed by atoms with Gasteiger partial charge in [0.15, 0.2) is 0 Å². The maximum atomic E-state index is 13.8. The zero-order valence-corrected chi connectivity index (χ0v) is 13.6. The van der Waals surface area contributed by atoms with Crippen molar-refractivity contribution >= 4 is 27.3 Å². The van der Waals surface area contributed by atoms with Crippen LogP contribution in [0, 0.1) is 0 Å². The summed E-state index contributed by atoms with van der Waals surface area (Å²) in [5, 5.41) is 0. The Morgan fingerprint density at radius 2 is 1.36 bits per heavy atom. The van der Waals surface area contributed by atoms with Crippen LogP contribution in [0.2, 0.25) is 0 Å². The van der Waals surface area contributed by atoms with Gasteiger partial charge in [-0.15, -0.1) is 0 Å². The Labute approximate surface area is 135 Å². The van der Waals surface area contributed by atoms with E-state index in [0.717, 1.165) is 0 Å². The highest BCUT2D eigenvalue weighted by molar-refractivity contribution is 9.10. The highest BCUT2D eigenvalue weighted by Crippen LogP contribution is 2.31. The fourth-order valence-electron chi connectivity index (χ4n) is 1.83. The van der Waals surface area contributed by atoms with Gasteiger partial charge in [-0.2, -0.15) is 8.78 Å². The van der Waals surface area contributed by atoms with E-state index >= 15 is 0 Å². The lowest BCUT2D eigenvalue weighted by Crippen LogP contribution is -2.21. The van der Waals surface area contributed by atoms with Crippen LogP contribution in [-0.2, 0) is 0 Å². The van der Waals surface area contributed by atoms with Crippen molar-refractivity contribution in [3.63, 3.8) is 0 Å². The molecule has 0 fully saturated rings. The molecule has 2 aromatic carbocycles. The maximum Gasteiger partial charge on any atom is 0.343 e. The second-order valence-electron chi connectivity index (χ2n) is 4.38. The third kappa shape index (κ3) is 4.04. The lowest BCUT2D eigenvalue weighted by atomic mass is 10.1. The fraction of sp³-hybridized carbons (Fsp3) is 0.188. The van der Waals surface area contributed by atoms with Gasteiger partial charge in [-0.25, -0.2) is 4.99 Å². The number of benzene rings is 2. The molecule has 0 spiro atoms. The summed E-state index contributed by atoms with van der Waals surface area (Å²) in [7, 11) is 3.05. The topological polar surface area (TPSA) is 30.8 Å². The first kappa shape index (κ1) is 16.4. The van der Waals surface area contributed by atoms with Gasteiger partial charge in [0, 0.05) is 5.56 Å². The first-order valence-electron chi connectivity index (χ1n) is 6.38. The Balaban J connectivity index is 2.42. The highest BCUT2D eigenvalue weighted by atomic mass is 79.9. The van der Waals surface area contributed by atoms with Crippen LogP contribution >= 0.6 is 15.9 Å². The summed E-state index contributed by atoms with van der Waals surface area (Å²) in [5.41, 5.74) is 0.338. The molecule has 0 aliphatic rings. The van der Waals surface area contributed by atoms with E-state index < -0.39 is 4.83 Å². The van der Waals surface area contributed by atoms with E-state index in [0.29, 0.717) is 22.7 Å². The van der Waals surface area contributed by atoms with E-state index in [2.05, 4.69) is 20.9 Å². The van der Waals surface area contributed by atoms with Gasteiger partial charge < -0.3 is 9.47 Å². The third-order valence-corrected chi connectivity index (χ3v) is 3.32. The molecule has 0 aromatic heterocycles. The van der Waals surface area contributed by atoms with Gasteiger partial charge in [0.2, 0.25) is 0 Å². The quantitative estimate of drug-likeness (QED) is 0.559. The zero-order valence-electron chi connectivity index (χ0n) is 12.0. The van der Waals surface area contributed by atoms with E-state index in [1.54, 1.807) is 36.4 Å². The van der Waals surface area contributed by atoms with Gasteiger partial charge in [0.1, 0.15) is 17.2 Å². The molecule has 0 saturated carbocycles. The van der Waals surface area contributed by atoms with Gasteiger partial charge in [-0.3, -0.25) is 0 Å². The lowest BCUT2D eigenvalue weighted by Gasteiger charge is -2.13. The molecule has 0 atom stereocenters. The molecule has 6 heteroatoms. The van der Waals surface area contributed by atoms with Crippen LogP contribution in [-0.4, -0.2) is 24.8 Å². The number of hydrogen-bond donors (Lipinski definition) is 0. The average molecular weight is 370 g/mol. The second kappa shape index (κ2) is 6.87. The van der Waals surface area contributed by atoms with E-state index in [-0.39, 0.29) is 5.71 Å². The number of alkyl halides is 3. The summed E-state index contributed by atoms with van der Waals surface area (Å²) in [6.07, 6.45) is 0. The van der Waals surface area contributed by atoms with Crippen LogP contribution in [0.5, 0.6) is 11.5 Å². The number of ether oxygens (including phenoxy) is 2. The van der Waals surface area contributed by atoms with Crippen molar-refractivity contribution in [2.24, 2.45) is 4.99 Å². The van der Waals surface area contributed by atoms with E-state index in [1.807, 2.05) is 0 Å². The Morgan fingerprint density at radius 1 is 0.909 bits per heavy atom. The van der Waals surface area contributed by atoms with Gasteiger partial charge in [0.25, 0.3) is 0 Å².